The summed E-state index contributed by atoms with van der Waals surface area (Å²) in [5.41, 5.74) is -1.96. The van der Waals surface area contributed by atoms with Gasteiger partial charge in [0.25, 0.3) is 0 Å². The molecule has 11 atom stereocenters. The standard InChI is InChI=1S/C43H72O14Si/c1-26(57-58(12,13)39(3,4)5)34-23-32-19-28(20-37(47)50-10)38(48)43(49,56-32)40(6,7)18-17-30-21-29(45)22-33(53-30)25-42(51-11)41(8,9)35(52-27(2)44)24-31(55-42)15-14-16-36(46)54-34/h17-18,20,26,29-35,38,45,48-49H,14-16,19,21-25H2,1-13H3/b18-17+,28-20+/t26?,29?,30-,31?,32?,33-,34?,35?,38-,42-,43?/m0/s1. The van der Waals surface area contributed by atoms with Crippen molar-refractivity contribution in [2.24, 2.45) is 10.8 Å². The van der Waals surface area contributed by atoms with Crippen LogP contribution in [0.1, 0.15) is 120 Å². The zero-order valence-corrected chi connectivity index (χ0v) is 38.1. The number of aliphatic hydroxyl groups is 3. The van der Waals surface area contributed by atoms with Gasteiger partial charge in [-0.2, -0.15) is 0 Å². The summed E-state index contributed by atoms with van der Waals surface area (Å²) in [5, 5.41) is 35.2. The van der Waals surface area contributed by atoms with E-state index in [0.29, 0.717) is 25.7 Å². The average molecular weight is 841 g/mol. The molecule has 0 amide bonds. The van der Waals surface area contributed by atoms with Crippen LogP contribution in [-0.2, 0) is 52.0 Å². The first-order valence-corrected chi connectivity index (χ1v) is 23.8. The third-order valence-electron chi connectivity index (χ3n) is 13.3. The largest absolute Gasteiger partial charge is 0.466 e. The van der Waals surface area contributed by atoms with Crippen molar-refractivity contribution in [3.63, 3.8) is 0 Å². The highest BCUT2D eigenvalue weighted by Gasteiger charge is 2.59. The Labute approximate surface area is 346 Å². The Balaban J connectivity index is 1.81. The molecule has 3 N–H and O–H groups in total. The predicted octanol–water partition coefficient (Wildman–Crippen LogP) is 5.79. The molecule has 6 bridgehead atoms. The Kier molecular flexibility index (Phi) is 15.4. The number of fused-ring (bicyclic) bond motifs is 6. The van der Waals surface area contributed by atoms with E-state index in [9.17, 15) is 29.7 Å². The third kappa shape index (κ3) is 10.8. The van der Waals surface area contributed by atoms with Gasteiger partial charge >= 0.3 is 17.9 Å². The fourth-order valence-corrected chi connectivity index (χ4v) is 9.99. The Morgan fingerprint density at radius 1 is 1.00 bits per heavy atom. The normalized spacial score (nSPS) is 38.1. The van der Waals surface area contributed by atoms with Gasteiger partial charge in [-0.25, -0.2) is 4.79 Å². The zero-order valence-electron chi connectivity index (χ0n) is 37.1. The molecule has 0 aromatic heterocycles. The maximum Gasteiger partial charge on any atom is 0.330 e. The summed E-state index contributed by atoms with van der Waals surface area (Å²) in [6.45, 7) is 21.1. The maximum atomic E-state index is 13.8. The van der Waals surface area contributed by atoms with Crippen molar-refractivity contribution < 1.29 is 67.3 Å². The van der Waals surface area contributed by atoms with E-state index in [1.165, 1.54) is 20.1 Å². The van der Waals surface area contributed by atoms with Crippen LogP contribution in [0.4, 0.5) is 0 Å². The Morgan fingerprint density at radius 3 is 2.28 bits per heavy atom. The molecule has 7 unspecified atom stereocenters. The maximum absolute atomic E-state index is 13.8. The number of cyclic esters (lactones) is 1. The highest BCUT2D eigenvalue weighted by atomic mass is 28.4. The molecular weight excluding hydrogens is 769 g/mol. The number of carbonyl (C=O) groups is 3. The van der Waals surface area contributed by atoms with Crippen LogP contribution in [0.2, 0.25) is 18.1 Å². The summed E-state index contributed by atoms with van der Waals surface area (Å²) < 4.78 is 49.9. The van der Waals surface area contributed by atoms with Crippen LogP contribution in [0.15, 0.2) is 23.8 Å². The molecule has 14 nitrogen and oxygen atoms in total. The minimum Gasteiger partial charge on any atom is -0.466 e. The summed E-state index contributed by atoms with van der Waals surface area (Å²) in [4.78, 5) is 38.7. The van der Waals surface area contributed by atoms with Gasteiger partial charge in [0.05, 0.1) is 49.1 Å². The number of aliphatic hydroxyl groups excluding tert-OH is 2. The molecule has 0 aromatic rings. The lowest BCUT2D eigenvalue weighted by Crippen LogP contribution is -2.63. The first-order valence-electron chi connectivity index (χ1n) is 20.9. The Bertz CT molecular complexity index is 1520. The van der Waals surface area contributed by atoms with Gasteiger partial charge in [-0.1, -0.05) is 60.6 Å². The number of carbonyl (C=O) groups excluding carboxylic acids is 3. The number of rotatable bonds is 6. The molecule has 0 saturated carbocycles. The molecule has 15 heteroatoms. The van der Waals surface area contributed by atoms with Crippen LogP contribution in [-0.4, -0.2) is 122 Å². The second kappa shape index (κ2) is 18.4. The van der Waals surface area contributed by atoms with E-state index in [2.05, 4.69) is 33.9 Å². The van der Waals surface area contributed by atoms with Gasteiger partial charge < -0.3 is 52.9 Å². The van der Waals surface area contributed by atoms with E-state index in [-0.39, 0.29) is 42.7 Å². The topological polar surface area (TPSA) is 186 Å². The molecule has 4 rings (SSSR count). The van der Waals surface area contributed by atoms with E-state index in [1.807, 2.05) is 20.8 Å². The number of hydrogen-bond donors (Lipinski definition) is 3. The Hall–Kier alpha value is -2.21. The van der Waals surface area contributed by atoms with E-state index in [0.717, 1.165) is 0 Å². The van der Waals surface area contributed by atoms with E-state index in [1.54, 1.807) is 33.1 Å². The molecule has 4 heterocycles. The zero-order chi connectivity index (χ0) is 43.6. The molecule has 4 aliphatic rings. The van der Waals surface area contributed by atoms with Crippen LogP contribution in [0, 0.1) is 10.8 Å². The first-order chi connectivity index (χ1) is 26.7. The second-order valence-electron chi connectivity index (χ2n) is 19.5. The van der Waals surface area contributed by atoms with Crippen molar-refractivity contribution in [1.29, 1.82) is 0 Å². The molecule has 0 aromatic carbocycles. The number of methoxy groups -OCH3 is 2. The van der Waals surface area contributed by atoms with Gasteiger partial charge in [0, 0.05) is 57.6 Å². The van der Waals surface area contributed by atoms with Gasteiger partial charge in [-0.05, 0) is 56.3 Å². The number of ether oxygens (including phenoxy) is 7. The van der Waals surface area contributed by atoms with Gasteiger partial charge in [0.2, 0.25) is 5.79 Å². The SMILES string of the molecule is COC(=O)/C=C1\CC2CC(C(C)O[Si](C)(C)C(C)(C)C)OC(=O)CCCC3CC(OC(C)=O)C(C)(C)[C@](OC)(C[C@@H]4CC(O)C[C@H](/C=C/C(C)(C)C(O)(O2)[C@H]1O)O4)O3. The minimum absolute atomic E-state index is 0.0406. The minimum atomic E-state index is -2.38. The van der Waals surface area contributed by atoms with Crippen molar-refractivity contribution >= 4 is 26.2 Å². The van der Waals surface area contributed by atoms with E-state index in [4.69, 9.17) is 37.6 Å². The molecule has 0 aliphatic carbocycles. The third-order valence-corrected chi connectivity index (χ3v) is 17.9. The van der Waals surface area contributed by atoms with Gasteiger partial charge in [-0.3, -0.25) is 9.59 Å². The lowest BCUT2D eigenvalue weighted by molar-refractivity contribution is -0.358. The van der Waals surface area contributed by atoms with Crippen LogP contribution >= 0.6 is 0 Å². The second-order valence-corrected chi connectivity index (χ2v) is 24.2. The summed E-state index contributed by atoms with van der Waals surface area (Å²) in [5.74, 6) is -5.19. The van der Waals surface area contributed by atoms with E-state index < -0.39 is 104 Å². The van der Waals surface area contributed by atoms with Crippen molar-refractivity contribution in [3.8, 4) is 0 Å². The van der Waals surface area contributed by atoms with Gasteiger partial charge in [0.1, 0.15) is 18.3 Å². The monoisotopic (exact) mass is 840 g/mol. The van der Waals surface area contributed by atoms with Crippen molar-refractivity contribution in [3.05, 3.63) is 23.8 Å². The summed E-state index contributed by atoms with van der Waals surface area (Å²) >= 11 is 0. The average Bonchev–Trinajstić information content (AvgIpc) is 3.09. The molecule has 3 saturated heterocycles. The first kappa shape index (κ1) is 48.5. The highest BCUT2D eigenvalue weighted by molar-refractivity contribution is 6.74. The van der Waals surface area contributed by atoms with Crippen molar-refractivity contribution in [2.75, 3.05) is 14.2 Å². The lowest BCUT2D eigenvalue weighted by Gasteiger charge is -2.55. The highest BCUT2D eigenvalue weighted by Crippen LogP contribution is 2.51. The quantitative estimate of drug-likeness (QED) is 0.0960. The summed E-state index contributed by atoms with van der Waals surface area (Å²) in [6, 6.07) is 0. The molecule has 3 fully saturated rings. The van der Waals surface area contributed by atoms with Crippen LogP contribution in [0.25, 0.3) is 0 Å². The van der Waals surface area contributed by atoms with Gasteiger partial charge in [-0.15, -0.1) is 0 Å². The molecular formula is C43H72O14Si. The fourth-order valence-electron chi connectivity index (χ4n) is 8.56. The van der Waals surface area contributed by atoms with Crippen molar-refractivity contribution in [1.82, 2.24) is 0 Å². The van der Waals surface area contributed by atoms with E-state index >= 15 is 0 Å². The molecule has 0 radical (unpaired) electrons. The number of esters is 3. The Morgan fingerprint density at radius 2 is 1.67 bits per heavy atom. The summed E-state index contributed by atoms with van der Waals surface area (Å²) in [6.07, 6.45) is -0.0890. The van der Waals surface area contributed by atoms with Crippen molar-refractivity contribution in [2.45, 2.75) is 205 Å². The predicted molar refractivity (Wildman–Crippen MR) is 217 cm³/mol. The molecule has 0 spiro atoms. The molecule has 4 aliphatic heterocycles. The van der Waals surface area contributed by atoms with Crippen LogP contribution in [0.3, 0.4) is 0 Å². The van der Waals surface area contributed by atoms with Crippen LogP contribution < -0.4 is 0 Å². The lowest BCUT2D eigenvalue weighted by atomic mass is 9.70. The fraction of sp³-hybridized carbons (Fsp3) is 0.837. The van der Waals surface area contributed by atoms with Crippen LogP contribution in [0.5, 0.6) is 0 Å². The number of hydrogen-bond acceptors (Lipinski definition) is 14. The molecule has 332 valence electrons. The summed E-state index contributed by atoms with van der Waals surface area (Å²) in [7, 11) is 0.398. The smallest absolute Gasteiger partial charge is 0.330 e. The molecule has 58 heavy (non-hydrogen) atoms. The van der Waals surface area contributed by atoms with Gasteiger partial charge in [0.15, 0.2) is 14.1 Å².